The highest BCUT2D eigenvalue weighted by atomic mass is 31.2. The summed E-state index contributed by atoms with van der Waals surface area (Å²) in [5.74, 6) is -0.879. The van der Waals surface area contributed by atoms with Crippen molar-refractivity contribution in [1.82, 2.24) is 0 Å². The Balaban J connectivity index is 3.87. The van der Waals surface area contributed by atoms with E-state index in [1.54, 1.807) is 0 Å². The van der Waals surface area contributed by atoms with Crippen LogP contribution in [0.15, 0.2) is 24.3 Å². The third-order valence-corrected chi connectivity index (χ3v) is 10.2. The largest absolute Gasteiger partial charge is 0.469 e. The molecule has 312 valence electrons. The molecule has 8 nitrogen and oxygen atoms in total. The molecule has 1 atom stereocenters. The fourth-order valence-electron chi connectivity index (χ4n) is 6.40. The fraction of sp³-hybridized carbons (Fsp3) is 0.864. The van der Waals surface area contributed by atoms with E-state index in [1.165, 1.54) is 141 Å². The van der Waals surface area contributed by atoms with Crippen LogP contribution in [-0.2, 0) is 28.2 Å². The van der Waals surface area contributed by atoms with Gasteiger partial charge in [-0.3, -0.25) is 14.1 Å². The summed E-state index contributed by atoms with van der Waals surface area (Å²) in [7, 11) is -4.75. The van der Waals surface area contributed by atoms with Crippen LogP contribution in [0.25, 0.3) is 0 Å². The number of ether oxygens (including phenoxy) is 2. The van der Waals surface area contributed by atoms with Crippen LogP contribution in [0.5, 0.6) is 0 Å². The number of rotatable bonds is 41. The minimum atomic E-state index is -4.75. The second-order valence-corrected chi connectivity index (χ2v) is 16.3. The number of hydrogen-bond acceptors (Lipinski definition) is 6. The predicted molar refractivity (Wildman–Crippen MR) is 221 cm³/mol. The summed E-state index contributed by atoms with van der Waals surface area (Å²) in [6, 6.07) is 0. The van der Waals surface area contributed by atoms with Gasteiger partial charge in [-0.1, -0.05) is 192 Å². The van der Waals surface area contributed by atoms with Crippen molar-refractivity contribution in [2.75, 3.05) is 13.2 Å². The number of hydrogen-bond donors (Lipinski definition) is 2. The molecule has 0 saturated carbocycles. The van der Waals surface area contributed by atoms with E-state index in [0.717, 1.165) is 51.4 Å². The molecule has 0 saturated heterocycles. The molecule has 0 rings (SSSR count). The number of carbonyl (C=O) groups is 2. The molecule has 53 heavy (non-hydrogen) atoms. The number of unbranched alkanes of at least 4 members (excludes halogenated alkanes) is 27. The van der Waals surface area contributed by atoms with Gasteiger partial charge in [-0.15, -0.1) is 0 Å². The Morgan fingerprint density at radius 3 is 1.28 bits per heavy atom. The maximum atomic E-state index is 12.4. The second-order valence-electron chi connectivity index (χ2n) is 15.0. The van der Waals surface area contributed by atoms with Crippen molar-refractivity contribution in [2.45, 2.75) is 232 Å². The molecule has 9 heteroatoms. The fourth-order valence-corrected chi connectivity index (χ4v) is 6.77. The van der Waals surface area contributed by atoms with Crippen LogP contribution in [0.1, 0.15) is 226 Å². The van der Waals surface area contributed by atoms with Crippen LogP contribution < -0.4 is 0 Å². The molecule has 0 aromatic rings. The van der Waals surface area contributed by atoms with E-state index < -0.39 is 32.5 Å². The first-order valence-corrected chi connectivity index (χ1v) is 23.7. The smallest absolute Gasteiger partial charge is 0.462 e. The average molecular weight is 771 g/mol. The lowest BCUT2D eigenvalue weighted by molar-refractivity contribution is -0.161. The number of allylic oxidation sites excluding steroid dienone is 4. The molecule has 0 aliphatic carbocycles. The van der Waals surface area contributed by atoms with Crippen molar-refractivity contribution in [3.05, 3.63) is 24.3 Å². The highest BCUT2D eigenvalue weighted by Gasteiger charge is 2.22. The van der Waals surface area contributed by atoms with Gasteiger partial charge >= 0.3 is 19.8 Å². The molecule has 0 fully saturated rings. The molecule has 2 N–H and O–H groups in total. The standard InChI is InChI=1S/C44H83O8P/c1-3-5-7-9-11-13-15-17-19-21-22-23-25-27-29-31-33-35-37-39-44(46)52-42(41-51-53(47,48)49)40-50-43(45)38-36-34-32-30-28-26-24-20-18-16-14-12-10-8-6-4-2/h11,13,17,19,42H,3-10,12,14-16,18,20-41H2,1-2H3,(H2,47,48,49)/b13-11+,19-17+/t42-/m1/s1. The van der Waals surface area contributed by atoms with Crippen molar-refractivity contribution >= 4 is 19.8 Å². The van der Waals surface area contributed by atoms with Gasteiger partial charge in [-0.2, -0.15) is 0 Å². The van der Waals surface area contributed by atoms with E-state index in [-0.39, 0.29) is 19.4 Å². The maximum absolute atomic E-state index is 12.4. The number of esters is 2. The molecular weight excluding hydrogens is 687 g/mol. The van der Waals surface area contributed by atoms with Gasteiger partial charge in [0, 0.05) is 12.8 Å². The van der Waals surface area contributed by atoms with Crippen LogP contribution in [0.4, 0.5) is 0 Å². The Labute approximate surface area is 326 Å². The van der Waals surface area contributed by atoms with E-state index in [0.29, 0.717) is 6.42 Å². The van der Waals surface area contributed by atoms with Gasteiger partial charge in [0.25, 0.3) is 0 Å². The van der Waals surface area contributed by atoms with Gasteiger partial charge in [-0.05, 0) is 44.9 Å². The first-order chi connectivity index (χ1) is 25.8. The highest BCUT2D eigenvalue weighted by Crippen LogP contribution is 2.36. The third-order valence-electron chi connectivity index (χ3n) is 9.72. The lowest BCUT2D eigenvalue weighted by atomic mass is 10.0. The van der Waals surface area contributed by atoms with Gasteiger partial charge in [0.15, 0.2) is 6.10 Å². The summed E-state index contributed by atoms with van der Waals surface area (Å²) in [6.45, 7) is 3.68. The molecular formula is C44H83O8P. The Hall–Kier alpha value is -1.47. The highest BCUT2D eigenvalue weighted by molar-refractivity contribution is 7.46. The number of phosphoric acid groups is 1. The van der Waals surface area contributed by atoms with Gasteiger partial charge in [0.2, 0.25) is 0 Å². The molecule has 0 aromatic carbocycles. The van der Waals surface area contributed by atoms with Crippen LogP contribution in [-0.4, -0.2) is 41.0 Å². The van der Waals surface area contributed by atoms with Crippen LogP contribution in [0.2, 0.25) is 0 Å². The summed E-state index contributed by atoms with van der Waals surface area (Å²) < 4.78 is 26.4. The zero-order valence-electron chi connectivity index (χ0n) is 34.4. The van der Waals surface area contributed by atoms with Crippen molar-refractivity contribution in [3.8, 4) is 0 Å². The molecule has 0 aromatic heterocycles. The monoisotopic (exact) mass is 771 g/mol. The zero-order chi connectivity index (χ0) is 38.9. The zero-order valence-corrected chi connectivity index (χ0v) is 35.3. The summed E-state index contributed by atoms with van der Waals surface area (Å²) in [5.41, 5.74) is 0. The molecule has 0 radical (unpaired) electrons. The minimum absolute atomic E-state index is 0.210. The van der Waals surface area contributed by atoms with Crippen molar-refractivity contribution < 1.29 is 37.9 Å². The lowest BCUT2D eigenvalue weighted by Gasteiger charge is -2.18. The number of phosphoric ester groups is 1. The van der Waals surface area contributed by atoms with Crippen molar-refractivity contribution in [2.24, 2.45) is 0 Å². The Morgan fingerprint density at radius 2 is 0.849 bits per heavy atom. The summed E-state index contributed by atoms with van der Waals surface area (Å²) in [6.07, 6.45) is 46.1. The maximum Gasteiger partial charge on any atom is 0.469 e. The summed E-state index contributed by atoms with van der Waals surface area (Å²) in [5, 5.41) is 0. The number of carbonyl (C=O) groups excluding carboxylic acids is 2. The predicted octanol–water partition coefficient (Wildman–Crippen LogP) is 13.6. The topological polar surface area (TPSA) is 119 Å². The van der Waals surface area contributed by atoms with Crippen LogP contribution in [0, 0.1) is 0 Å². The van der Waals surface area contributed by atoms with Gasteiger partial charge < -0.3 is 19.3 Å². The van der Waals surface area contributed by atoms with Gasteiger partial charge in [-0.25, -0.2) is 4.57 Å². The van der Waals surface area contributed by atoms with Crippen molar-refractivity contribution in [3.63, 3.8) is 0 Å². The van der Waals surface area contributed by atoms with Crippen molar-refractivity contribution in [1.29, 1.82) is 0 Å². The van der Waals surface area contributed by atoms with Gasteiger partial charge in [0.1, 0.15) is 6.61 Å². The third kappa shape index (κ3) is 43.1. The first kappa shape index (κ1) is 51.5. The molecule has 0 unspecified atom stereocenters. The Morgan fingerprint density at radius 1 is 0.491 bits per heavy atom. The quantitative estimate of drug-likeness (QED) is 0.0273. The molecule has 0 aliphatic rings. The summed E-state index contributed by atoms with van der Waals surface area (Å²) in [4.78, 5) is 42.9. The minimum Gasteiger partial charge on any atom is -0.462 e. The Bertz CT molecular complexity index is 915. The summed E-state index contributed by atoms with van der Waals surface area (Å²) >= 11 is 0. The second kappa shape index (κ2) is 40.2. The average Bonchev–Trinajstić information content (AvgIpc) is 3.13. The van der Waals surface area contributed by atoms with Crippen LogP contribution in [0.3, 0.4) is 0 Å². The molecule has 0 bridgehead atoms. The van der Waals surface area contributed by atoms with E-state index in [1.807, 2.05) is 0 Å². The normalized spacial score (nSPS) is 12.6. The van der Waals surface area contributed by atoms with Gasteiger partial charge in [0.05, 0.1) is 6.61 Å². The Kier molecular flexibility index (Phi) is 39.1. The van der Waals surface area contributed by atoms with E-state index in [9.17, 15) is 14.2 Å². The first-order valence-electron chi connectivity index (χ1n) is 22.1. The van der Waals surface area contributed by atoms with E-state index in [4.69, 9.17) is 19.3 Å². The molecule has 0 heterocycles. The van der Waals surface area contributed by atoms with Crippen LogP contribution >= 0.6 is 7.82 Å². The molecule has 0 aliphatic heterocycles. The van der Waals surface area contributed by atoms with E-state index in [2.05, 4.69) is 42.7 Å². The SMILES string of the molecule is CCCCC/C=C/C/C=C/CCCCCCCCCCCC(=O)O[C@H](COC(=O)CCCCCCCCCCCCCCCCCC)COP(=O)(O)O. The molecule has 0 amide bonds. The van der Waals surface area contributed by atoms with E-state index >= 15 is 0 Å². The molecule has 0 spiro atoms. The lowest BCUT2D eigenvalue weighted by Crippen LogP contribution is -2.29.